The molecule has 0 radical (unpaired) electrons. The Kier molecular flexibility index (Phi) is 3.88. The van der Waals surface area contributed by atoms with Crippen LogP contribution in [-0.4, -0.2) is 43.3 Å². The van der Waals surface area contributed by atoms with Crippen molar-refractivity contribution in [1.82, 2.24) is 4.90 Å². The topological polar surface area (TPSA) is 38.5 Å². The van der Waals surface area contributed by atoms with Crippen LogP contribution in [0.2, 0.25) is 0 Å². The molecule has 0 aromatic heterocycles. The van der Waals surface area contributed by atoms with Crippen molar-refractivity contribution >= 4 is 0 Å². The first kappa shape index (κ1) is 12.3. The highest BCUT2D eigenvalue weighted by Gasteiger charge is 2.38. The quantitative estimate of drug-likeness (QED) is 0.774. The zero-order valence-electron chi connectivity index (χ0n) is 10.7. The largest absolute Gasteiger partial charge is 0.380 e. The molecule has 2 N–H and O–H groups in total. The van der Waals surface area contributed by atoms with E-state index in [9.17, 15) is 0 Å². The van der Waals surface area contributed by atoms with Crippen LogP contribution in [0.3, 0.4) is 0 Å². The van der Waals surface area contributed by atoms with Gasteiger partial charge in [0.25, 0.3) is 0 Å². The van der Waals surface area contributed by atoms with Crippen molar-refractivity contribution in [2.75, 3.05) is 26.7 Å². The first-order valence-corrected chi connectivity index (χ1v) is 6.66. The first-order valence-electron chi connectivity index (χ1n) is 6.66. The molecular weight excluding hydrogens is 200 g/mol. The van der Waals surface area contributed by atoms with Gasteiger partial charge in [0.2, 0.25) is 0 Å². The second-order valence-electron chi connectivity index (χ2n) is 5.79. The average molecular weight is 226 g/mol. The molecule has 0 spiro atoms. The number of hydrogen-bond donors (Lipinski definition) is 1. The molecule has 0 bridgehead atoms. The highest BCUT2D eigenvalue weighted by Crippen LogP contribution is 2.39. The SMILES string of the molecule is COC1CCCN(C(C)(CN)CC2CC2)C1. The van der Waals surface area contributed by atoms with Gasteiger partial charge in [-0.1, -0.05) is 12.8 Å². The fraction of sp³-hybridized carbons (Fsp3) is 1.00. The molecule has 16 heavy (non-hydrogen) atoms. The lowest BCUT2D eigenvalue weighted by Gasteiger charge is -2.45. The van der Waals surface area contributed by atoms with Crippen LogP contribution in [0.15, 0.2) is 0 Å². The predicted molar refractivity (Wildman–Crippen MR) is 66.4 cm³/mol. The Labute approximate surface area is 99.3 Å². The lowest BCUT2D eigenvalue weighted by Crippen LogP contribution is -2.56. The van der Waals surface area contributed by atoms with E-state index < -0.39 is 0 Å². The lowest BCUT2D eigenvalue weighted by atomic mass is 9.90. The van der Waals surface area contributed by atoms with E-state index in [0.29, 0.717) is 6.10 Å². The summed E-state index contributed by atoms with van der Waals surface area (Å²) in [6.45, 7) is 5.38. The summed E-state index contributed by atoms with van der Waals surface area (Å²) in [5, 5.41) is 0. The van der Waals surface area contributed by atoms with Crippen molar-refractivity contribution in [2.45, 2.75) is 50.7 Å². The van der Waals surface area contributed by atoms with Crippen molar-refractivity contribution in [3.8, 4) is 0 Å². The van der Waals surface area contributed by atoms with Crippen LogP contribution in [0.4, 0.5) is 0 Å². The van der Waals surface area contributed by atoms with Crippen molar-refractivity contribution in [3.63, 3.8) is 0 Å². The number of ether oxygens (including phenoxy) is 1. The van der Waals surface area contributed by atoms with Crippen LogP contribution in [0.5, 0.6) is 0 Å². The number of methoxy groups -OCH3 is 1. The summed E-state index contributed by atoms with van der Waals surface area (Å²) in [6, 6.07) is 0. The molecule has 0 aromatic rings. The summed E-state index contributed by atoms with van der Waals surface area (Å²) in [4.78, 5) is 2.57. The molecular formula is C13H26N2O. The van der Waals surface area contributed by atoms with E-state index in [1.54, 1.807) is 0 Å². The maximum absolute atomic E-state index is 6.02. The maximum Gasteiger partial charge on any atom is 0.0698 e. The molecule has 94 valence electrons. The van der Waals surface area contributed by atoms with E-state index in [2.05, 4.69) is 11.8 Å². The Morgan fingerprint density at radius 1 is 1.38 bits per heavy atom. The molecule has 1 saturated carbocycles. The summed E-state index contributed by atoms with van der Waals surface area (Å²) < 4.78 is 5.50. The minimum Gasteiger partial charge on any atom is -0.380 e. The Hall–Kier alpha value is -0.120. The number of nitrogens with two attached hydrogens (primary N) is 1. The predicted octanol–water partition coefficient (Wildman–Crippen LogP) is 1.61. The van der Waals surface area contributed by atoms with Crippen LogP contribution < -0.4 is 5.73 Å². The molecule has 1 saturated heterocycles. The van der Waals surface area contributed by atoms with Crippen LogP contribution in [0.1, 0.15) is 39.0 Å². The zero-order chi connectivity index (χ0) is 11.6. The minimum atomic E-state index is 0.207. The summed E-state index contributed by atoms with van der Waals surface area (Å²) in [6.07, 6.45) is 6.98. The van der Waals surface area contributed by atoms with E-state index >= 15 is 0 Å². The van der Waals surface area contributed by atoms with Gasteiger partial charge in [0.1, 0.15) is 0 Å². The van der Waals surface area contributed by atoms with Crippen LogP contribution >= 0.6 is 0 Å². The summed E-state index contributed by atoms with van der Waals surface area (Å²) >= 11 is 0. The van der Waals surface area contributed by atoms with Gasteiger partial charge in [-0.25, -0.2) is 0 Å². The molecule has 1 aliphatic heterocycles. The smallest absolute Gasteiger partial charge is 0.0698 e. The third-order valence-corrected chi connectivity index (χ3v) is 4.34. The van der Waals surface area contributed by atoms with Gasteiger partial charge in [-0.05, 0) is 38.6 Å². The normalized spacial score (nSPS) is 31.3. The van der Waals surface area contributed by atoms with Crippen molar-refractivity contribution in [1.29, 1.82) is 0 Å². The van der Waals surface area contributed by atoms with Crippen LogP contribution in [0, 0.1) is 5.92 Å². The third-order valence-electron chi connectivity index (χ3n) is 4.34. The number of hydrogen-bond acceptors (Lipinski definition) is 3. The number of rotatable bonds is 5. The molecule has 2 atom stereocenters. The van der Waals surface area contributed by atoms with Gasteiger partial charge in [0, 0.05) is 25.7 Å². The van der Waals surface area contributed by atoms with E-state index in [-0.39, 0.29) is 5.54 Å². The van der Waals surface area contributed by atoms with Gasteiger partial charge in [-0.2, -0.15) is 0 Å². The van der Waals surface area contributed by atoms with E-state index in [1.165, 1.54) is 38.6 Å². The first-order chi connectivity index (χ1) is 7.68. The molecule has 3 nitrogen and oxygen atoms in total. The highest BCUT2D eigenvalue weighted by atomic mass is 16.5. The maximum atomic E-state index is 6.02. The Morgan fingerprint density at radius 3 is 2.69 bits per heavy atom. The summed E-state index contributed by atoms with van der Waals surface area (Å²) in [7, 11) is 1.83. The van der Waals surface area contributed by atoms with Crippen LogP contribution in [-0.2, 0) is 4.74 Å². The zero-order valence-corrected chi connectivity index (χ0v) is 10.7. The van der Waals surface area contributed by atoms with Crippen molar-refractivity contribution < 1.29 is 4.74 Å². The van der Waals surface area contributed by atoms with E-state index in [0.717, 1.165) is 19.0 Å². The highest BCUT2D eigenvalue weighted by molar-refractivity contribution is 4.95. The van der Waals surface area contributed by atoms with Gasteiger partial charge in [-0.15, -0.1) is 0 Å². The monoisotopic (exact) mass is 226 g/mol. The van der Waals surface area contributed by atoms with Crippen LogP contribution in [0.25, 0.3) is 0 Å². The molecule has 2 aliphatic rings. The van der Waals surface area contributed by atoms with Crippen molar-refractivity contribution in [2.24, 2.45) is 11.7 Å². The number of piperidine rings is 1. The minimum absolute atomic E-state index is 0.207. The molecule has 1 heterocycles. The van der Waals surface area contributed by atoms with Gasteiger partial charge in [0.15, 0.2) is 0 Å². The fourth-order valence-electron chi connectivity index (χ4n) is 2.91. The molecule has 2 unspecified atom stereocenters. The summed E-state index contributed by atoms with van der Waals surface area (Å²) in [5.41, 5.74) is 6.23. The molecule has 2 fully saturated rings. The van der Waals surface area contributed by atoms with Gasteiger partial charge < -0.3 is 10.5 Å². The van der Waals surface area contributed by atoms with E-state index in [1.807, 2.05) is 7.11 Å². The lowest BCUT2D eigenvalue weighted by molar-refractivity contribution is -0.0157. The number of nitrogens with zero attached hydrogens (tertiary/aromatic N) is 1. The van der Waals surface area contributed by atoms with E-state index in [4.69, 9.17) is 10.5 Å². The summed E-state index contributed by atoms with van der Waals surface area (Å²) in [5.74, 6) is 0.941. The molecule has 0 aromatic carbocycles. The third kappa shape index (κ3) is 2.76. The Morgan fingerprint density at radius 2 is 2.12 bits per heavy atom. The molecule has 3 heteroatoms. The molecule has 2 rings (SSSR count). The fourth-order valence-corrected chi connectivity index (χ4v) is 2.91. The second kappa shape index (κ2) is 5.03. The Bertz CT molecular complexity index is 230. The average Bonchev–Trinajstić information content (AvgIpc) is 3.13. The van der Waals surface area contributed by atoms with Crippen molar-refractivity contribution in [3.05, 3.63) is 0 Å². The molecule has 0 amide bonds. The number of likely N-dealkylation sites (tertiary alicyclic amines) is 1. The van der Waals surface area contributed by atoms with Gasteiger partial charge >= 0.3 is 0 Å². The Balaban J connectivity index is 1.95. The van der Waals surface area contributed by atoms with Gasteiger partial charge in [0.05, 0.1) is 6.10 Å². The molecule has 1 aliphatic carbocycles. The van der Waals surface area contributed by atoms with Gasteiger partial charge in [-0.3, -0.25) is 4.90 Å². The standard InChI is InChI=1S/C13H26N2O/c1-13(10-14,8-11-5-6-11)15-7-3-4-12(9-15)16-2/h11-12H,3-10,14H2,1-2H3. The second-order valence-corrected chi connectivity index (χ2v) is 5.79.